The molecule has 0 aliphatic heterocycles. The Hall–Kier alpha value is -3.28. The summed E-state index contributed by atoms with van der Waals surface area (Å²) in [6, 6.07) is 13.6. The molecule has 1 aromatic heterocycles. The van der Waals surface area contributed by atoms with E-state index >= 15 is 0 Å². The zero-order valence-electron chi connectivity index (χ0n) is 14.3. The normalized spacial score (nSPS) is 11.1. The van der Waals surface area contributed by atoms with Gasteiger partial charge in [-0.25, -0.2) is 14.2 Å². The number of hydrogen-bond acceptors (Lipinski definition) is 2. The lowest BCUT2D eigenvalue weighted by molar-refractivity contribution is 0.0955. The van der Waals surface area contributed by atoms with Gasteiger partial charge in [0.15, 0.2) is 0 Å². The maximum atomic E-state index is 14.1. The first kappa shape index (κ1) is 17.5. The Morgan fingerprint density at radius 1 is 1.08 bits per heavy atom. The molecule has 2 aromatic carbocycles. The Morgan fingerprint density at radius 3 is 2.46 bits per heavy atom. The van der Waals surface area contributed by atoms with E-state index in [1.807, 2.05) is 19.9 Å². The molecule has 1 N–H and O–H groups in total. The number of aryl methyl sites for hydroxylation is 1. The van der Waals surface area contributed by atoms with Crippen LogP contribution in [0.4, 0.5) is 8.78 Å². The lowest BCUT2D eigenvalue weighted by atomic mass is 10.2. The summed E-state index contributed by atoms with van der Waals surface area (Å²) in [5.41, 5.74) is 5.56. The number of aromatic nitrogens is 1. The van der Waals surface area contributed by atoms with E-state index in [0.717, 1.165) is 17.0 Å². The SMILES string of the molecule is Cc1cc(/C=N\NC(=O)c2ccc(F)cc2)c(C)n1-c1ccccc1F. The van der Waals surface area contributed by atoms with E-state index in [0.29, 0.717) is 11.3 Å². The van der Waals surface area contributed by atoms with Crippen LogP contribution in [0.2, 0.25) is 0 Å². The number of para-hydroxylation sites is 1. The van der Waals surface area contributed by atoms with Gasteiger partial charge in [0, 0.05) is 22.5 Å². The highest BCUT2D eigenvalue weighted by Gasteiger charge is 2.12. The van der Waals surface area contributed by atoms with Crippen LogP contribution in [0.25, 0.3) is 5.69 Å². The summed E-state index contributed by atoms with van der Waals surface area (Å²) in [4.78, 5) is 12.0. The minimum atomic E-state index is -0.441. The van der Waals surface area contributed by atoms with Gasteiger partial charge < -0.3 is 4.57 Å². The molecule has 0 saturated heterocycles. The third-order valence-electron chi connectivity index (χ3n) is 4.04. The Morgan fingerprint density at radius 2 is 1.77 bits per heavy atom. The summed E-state index contributed by atoms with van der Waals surface area (Å²) in [5, 5.41) is 3.95. The summed E-state index contributed by atoms with van der Waals surface area (Å²) < 4.78 is 28.8. The third kappa shape index (κ3) is 3.54. The summed E-state index contributed by atoms with van der Waals surface area (Å²) in [6.07, 6.45) is 1.50. The minimum Gasteiger partial charge on any atom is -0.315 e. The molecular formula is C20H17F2N3O. The highest BCUT2D eigenvalue weighted by Crippen LogP contribution is 2.21. The summed E-state index contributed by atoms with van der Waals surface area (Å²) in [5.74, 6) is -1.17. The van der Waals surface area contributed by atoms with Crippen molar-refractivity contribution in [3.05, 3.63) is 88.7 Å². The molecule has 1 heterocycles. The Kier molecular flexibility index (Phi) is 4.93. The first-order valence-electron chi connectivity index (χ1n) is 8.00. The highest BCUT2D eigenvalue weighted by molar-refractivity contribution is 5.95. The molecule has 0 spiro atoms. The van der Waals surface area contributed by atoms with Crippen molar-refractivity contribution in [2.24, 2.45) is 5.10 Å². The number of amides is 1. The van der Waals surface area contributed by atoms with E-state index in [1.165, 1.54) is 36.5 Å². The van der Waals surface area contributed by atoms with Gasteiger partial charge in [-0.15, -0.1) is 0 Å². The Bertz CT molecular complexity index is 975. The molecule has 3 rings (SSSR count). The molecule has 0 atom stereocenters. The largest absolute Gasteiger partial charge is 0.315 e. The van der Waals surface area contributed by atoms with E-state index in [4.69, 9.17) is 0 Å². The van der Waals surface area contributed by atoms with Crippen molar-refractivity contribution < 1.29 is 13.6 Å². The van der Waals surface area contributed by atoms with Crippen molar-refractivity contribution in [1.29, 1.82) is 0 Å². The van der Waals surface area contributed by atoms with E-state index in [-0.39, 0.29) is 5.82 Å². The molecule has 0 aliphatic rings. The maximum absolute atomic E-state index is 14.1. The zero-order chi connectivity index (χ0) is 18.7. The number of nitrogens with one attached hydrogen (secondary N) is 1. The lowest BCUT2D eigenvalue weighted by Gasteiger charge is -2.10. The molecule has 132 valence electrons. The van der Waals surface area contributed by atoms with Crippen LogP contribution >= 0.6 is 0 Å². The fraction of sp³-hybridized carbons (Fsp3) is 0.100. The van der Waals surface area contributed by atoms with Crippen LogP contribution in [0.15, 0.2) is 59.7 Å². The van der Waals surface area contributed by atoms with Crippen LogP contribution in [0.3, 0.4) is 0 Å². The van der Waals surface area contributed by atoms with Gasteiger partial charge in [-0.3, -0.25) is 4.79 Å². The van der Waals surface area contributed by atoms with Crippen molar-refractivity contribution in [3.8, 4) is 5.69 Å². The standard InChI is InChI=1S/C20H17F2N3O/c1-13-11-16(14(2)25(13)19-6-4-3-5-18(19)22)12-23-24-20(26)15-7-9-17(21)10-8-15/h3-12H,1-2H3,(H,24,26)/b23-12-. The van der Waals surface area contributed by atoms with Crippen molar-refractivity contribution in [1.82, 2.24) is 9.99 Å². The second-order valence-corrected chi connectivity index (χ2v) is 5.82. The van der Waals surface area contributed by atoms with Crippen molar-refractivity contribution in [2.45, 2.75) is 13.8 Å². The zero-order valence-corrected chi connectivity index (χ0v) is 14.3. The summed E-state index contributed by atoms with van der Waals surface area (Å²) >= 11 is 0. The van der Waals surface area contributed by atoms with E-state index < -0.39 is 11.7 Å². The quantitative estimate of drug-likeness (QED) is 0.556. The highest BCUT2D eigenvalue weighted by atomic mass is 19.1. The fourth-order valence-electron chi connectivity index (χ4n) is 2.75. The second-order valence-electron chi connectivity index (χ2n) is 5.82. The minimum absolute atomic E-state index is 0.306. The molecule has 0 aliphatic carbocycles. The smallest absolute Gasteiger partial charge is 0.271 e. The molecular weight excluding hydrogens is 336 g/mol. The number of nitrogens with zero attached hydrogens (tertiary/aromatic N) is 2. The molecule has 0 radical (unpaired) electrons. The van der Waals surface area contributed by atoms with Gasteiger partial charge in [0.05, 0.1) is 11.9 Å². The molecule has 0 saturated carbocycles. The molecule has 6 heteroatoms. The molecule has 4 nitrogen and oxygen atoms in total. The molecule has 0 bridgehead atoms. The van der Waals surface area contributed by atoms with Crippen LogP contribution in [-0.4, -0.2) is 16.7 Å². The molecule has 0 fully saturated rings. The fourth-order valence-corrected chi connectivity index (χ4v) is 2.75. The monoisotopic (exact) mass is 353 g/mol. The maximum Gasteiger partial charge on any atom is 0.271 e. The first-order valence-corrected chi connectivity index (χ1v) is 8.00. The van der Waals surface area contributed by atoms with Crippen LogP contribution in [0, 0.1) is 25.5 Å². The number of rotatable bonds is 4. The summed E-state index contributed by atoms with van der Waals surface area (Å²) in [6.45, 7) is 3.72. The number of halogens is 2. The second kappa shape index (κ2) is 7.31. The van der Waals surface area contributed by atoms with Gasteiger partial charge in [-0.1, -0.05) is 12.1 Å². The van der Waals surface area contributed by atoms with E-state index in [2.05, 4.69) is 10.5 Å². The van der Waals surface area contributed by atoms with Gasteiger partial charge >= 0.3 is 0 Å². The number of hydrogen-bond donors (Lipinski definition) is 1. The molecule has 1 amide bonds. The average Bonchev–Trinajstić information content (AvgIpc) is 2.90. The van der Waals surface area contributed by atoms with E-state index in [1.54, 1.807) is 22.8 Å². The average molecular weight is 353 g/mol. The number of hydrazone groups is 1. The van der Waals surface area contributed by atoms with Crippen LogP contribution in [-0.2, 0) is 0 Å². The number of carbonyl (C=O) groups excluding carboxylic acids is 1. The van der Waals surface area contributed by atoms with E-state index in [9.17, 15) is 13.6 Å². The lowest BCUT2D eigenvalue weighted by Crippen LogP contribution is -2.17. The van der Waals surface area contributed by atoms with Crippen molar-refractivity contribution in [2.75, 3.05) is 0 Å². The third-order valence-corrected chi connectivity index (χ3v) is 4.04. The molecule has 0 unspecified atom stereocenters. The number of benzene rings is 2. The van der Waals surface area contributed by atoms with Gasteiger partial charge in [0.25, 0.3) is 5.91 Å². The van der Waals surface area contributed by atoms with Crippen molar-refractivity contribution in [3.63, 3.8) is 0 Å². The number of carbonyl (C=O) groups is 1. The Balaban J connectivity index is 1.80. The first-order chi connectivity index (χ1) is 12.5. The van der Waals surface area contributed by atoms with Crippen LogP contribution in [0.1, 0.15) is 27.3 Å². The molecule has 26 heavy (non-hydrogen) atoms. The van der Waals surface area contributed by atoms with Gasteiger partial charge in [-0.2, -0.15) is 5.10 Å². The predicted molar refractivity (Wildman–Crippen MR) is 96.7 cm³/mol. The van der Waals surface area contributed by atoms with Crippen molar-refractivity contribution >= 4 is 12.1 Å². The Labute approximate surface area is 149 Å². The van der Waals surface area contributed by atoms with Gasteiger partial charge in [0.2, 0.25) is 0 Å². The summed E-state index contributed by atoms with van der Waals surface area (Å²) in [7, 11) is 0. The van der Waals surface area contributed by atoms with Gasteiger partial charge in [0.1, 0.15) is 11.6 Å². The molecule has 3 aromatic rings. The van der Waals surface area contributed by atoms with Crippen LogP contribution < -0.4 is 5.43 Å². The predicted octanol–water partition coefficient (Wildman–Crippen LogP) is 4.14. The van der Waals surface area contributed by atoms with Gasteiger partial charge in [-0.05, 0) is 56.3 Å². The van der Waals surface area contributed by atoms with Crippen LogP contribution in [0.5, 0.6) is 0 Å². The topological polar surface area (TPSA) is 46.4 Å².